The van der Waals surface area contributed by atoms with Crippen LogP contribution in [0.1, 0.15) is 0 Å². The Morgan fingerprint density at radius 2 is 1.75 bits per heavy atom. The molecule has 0 aromatic heterocycles. The lowest BCUT2D eigenvalue weighted by Gasteiger charge is -2.03. The normalized spacial score (nSPS) is 10.2. The zero-order valence-corrected chi connectivity index (χ0v) is 10.1. The summed E-state index contributed by atoms with van der Waals surface area (Å²) in [5, 5.41) is 0. The lowest BCUT2D eigenvalue weighted by atomic mass is 10.3. The number of nitrogens with two attached hydrogens (primary N) is 1. The van der Waals surface area contributed by atoms with Gasteiger partial charge in [-0.25, -0.2) is 8.42 Å². The Bertz CT molecular complexity index is 482. The quantitative estimate of drug-likeness (QED) is 0.819. The first-order valence-corrected chi connectivity index (χ1v) is 5.84. The Labute approximate surface area is 100 Å². The average molecular weight is 262 g/mol. The molecule has 0 aliphatic heterocycles. The van der Waals surface area contributed by atoms with Gasteiger partial charge >= 0.3 is 0 Å². The van der Waals surface area contributed by atoms with E-state index in [0.29, 0.717) is 0 Å². The molecule has 0 atom stereocenters. The standard InChI is InChI=1S/C10H11NO3S.ClH/c1-8(10(11)12)7-15(13,14)9-5-3-2-4-6-9;/h2-6H,1,7H2,(H2,11,12);1H. The largest absolute Gasteiger partial charge is 0.366 e. The zero-order valence-electron chi connectivity index (χ0n) is 8.42. The minimum atomic E-state index is -3.50. The number of benzene rings is 1. The molecule has 0 unspecified atom stereocenters. The maximum atomic E-state index is 11.7. The number of carbonyl (C=O) groups is 1. The molecule has 4 nitrogen and oxygen atoms in total. The highest BCUT2D eigenvalue weighted by Gasteiger charge is 2.17. The number of carbonyl (C=O) groups excluding carboxylic acids is 1. The van der Waals surface area contributed by atoms with Gasteiger partial charge in [-0.05, 0) is 12.1 Å². The van der Waals surface area contributed by atoms with E-state index < -0.39 is 21.5 Å². The van der Waals surface area contributed by atoms with Crippen LogP contribution in [0, 0.1) is 0 Å². The van der Waals surface area contributed by atoms with Crippen molar-refractivity contribution < 1.29 is 13.2 Å². The van der Waals surface area contributed by atoms with Gasteiger partial charge in [-0.2, -0.15) is 0 Å². The number of primary amides is 1. The summed E-state index contributed by atoms with van der Waals surface area (Å²) in [5.74, 6) is -1.23. The molecule has 0 radical (unpaired) electrons. The van der Waals surface area contributed by atoms with Crippen LogP contribution in [0.25, 0.3) is 0 Å². The maximum Gasteiger partial charge on any atom is 0.245 e. The maximum absolute atomic E-state index is 11.7. The van der Waals surface area contributed by atoms with Crippen LogP contribution in [0.2, 0.25) is 0 Å². The van der Waals surface area contributed by atoms with Gasteiger partial charge in [0, 0.05) is 5.57 Å². The van der Waals surface area contributed by atoms with Gasteiger partial charge in [0.2, 0.25) is 5.91 Å². The first-order valence-electron chi connectivity index (χ1n) is 4.19. The summed E-state index contributed by atoms with van der Waals surface area (Å²) in [6.45, 7) is 3.31. The molecule has 2 N–H and O–H groups in total. The third-order valence-corrected chi connectivity index (χ3v) is 3.53. The van der Waals surface area contributed by atoms with Crippen molar-refractivity contribution in [3.8, 4) is 0 Å². The number of rotatable bonds is 4. The molecule has 16 heavy (non-hydrogen) atoms. The van der Waals surface area contributed by atoms with E-state index >= 15 is 0 Å². The van der Waals surface area contributed by atoms with Crippen molar-refractivity contribution in [1.82, 2.24) is 0 Å². The summed E-state index contributed by atoms with van der Waals surface area (Å²) in [4.78, 5) is 10.8. The zero-order chi connectivity index (χ0) is 11.5. The van der Waals surface area contributed by atoms with Gasteiger partial charge in [-0.15, -0.1) is 12.4 Å². The van der Waals surface area contributed by atoms with Gasteiger partial charge in [0.25, 0.3) is 0 Å². The van der Waals surface area contributed by atoms with E-state index in [9.17, 15) is 13.2 Å². The highest BCUT2D eigenvalue weighted by Crippen LogP contribution is 2.12. The van der Waals surface area contributed by atoms with Gasteiger partial charge in [0.1, 0.15) is 0 Å². The molecular formula is C10H12ClNO3S. The van der Waals surface area contributed by atoms with Crippen molar-refractivity contribution in [1.29, 1.82) is 0 Å². The molecule has 0 aliphatic rings. The number of hydrogen-bond donors (Lipinski definition) is 1. The van der Waals surface area contributed by atoms with Crippen molar-refractivity contribution in [2.75, 3.05) is 5.75 Å². The van der Waals surface area contributed by atoms with Crippen molar-refractivity contribution in [3.63, 3.8) is 0 Å². The van der Waals surface area contributed by atoms with E-state index in [4.69, 9.17) is 5.73 Å². The van der Waals surface area contributed by atoms with Gasteiger partial charge in [0.15, 0.2) is 9.84 Å². The van der Waals surface area contributed by atoms with Crippen LogP contribution in [0.5, 0.6) is 0 Å². The monoisotopic (exact) mass is 261 g/mol. The number of sulfone groups is 1. The third-order valence-electron chi connectivity index (χ3n) is 1.82. The van der Waals surface area contributed by atoms with Crippen LogP contribution in [0.15, 0.2) is 47.4 Å². The molecule has 0 bridgehead atoms. The minimum Gasteiger partial charge on any atom is -0.366 e. The Hall–Kier alpha value is -1.33. The van der Waals surface area contributed by atoms with Gasteiger partial charge < -0.3 is 5.73 Å². The molecule has 1 aromatic rings. The Balaban J connectivity index is 0.00000225. The summed E-state index contributed by atoms with van der Waals surface area (Å²) in [6, 6.07) is 7.86. The second-order valence-corrected chi connectivity index (χ2v) is 5.03. The fourth-order valence-corrected chi connectivity index (χ4v) is 2.35. The Morgan fingerprint density at radius 3 is 2.19 bits per heavy atom. The Kier molecular flexibility index (Phi) is 5.20. The van der Waals surface area contributed by atoms with E-state index in [1.165, 1.54) is 12.1 Å². The van der Waals surface area contributed by atoms with E-state index in [1.807, 2.05) is 0 Å². The van der Waals surface area contributed by atoms with E-state index in [-0.39, 0.29) is 22.9 Å². The highest BCUT2D eigenvalue weighted by atomic mass is 35.5. The summed E-state index contributed by atoms with van der Waals surface area (Å²) in [5.41, 5.74) is 4.81. The topological polar surface area (TPSA) is 77.2 Å². The predicted octanol–water partition coefficient (Wildman–Crippen LogP) is 0.924. The van der Waals surface area contributed by atoms with Crippen LogP contribution in [0.4, 0.5) is 0 Å². The average Bonchev–Trinajstić information content (AvgIpc) is 2.18. The van der Waals surface area contributed by atoms with Crippen LogP contribution < -0.4 is 5.73 Å². The molecule has 6 heteroatoms. The molecule has 0 saturated carbocycles. The molecular weight excluding hydrogens is 250 g/mol. The minimum absolute atomic E-state index is 0. The summed E-state index contributed by atoms with van der Waals surface area (Å²) in [7, 11) is -3.50. The molecule has 88 valence electrons. The number of hydrogen-bond acceptors (Lipinski definition) is 3. The summed E-state index contributed by atoms with van der Waals surface area (Å²) >= 11 is 0. The lowest BCUT2D eigenvalue weighted by Crippen LogP contribution is -2.20. The highest BCUT2D eigenvalue weighted by molar-refractivity contribution is 7.91. The lowest BCUT2D eigenvalue weighted by molar-refractivity contribution is -0.114. The molecule has 0 fully saturated rings. The van der Waals surface area contributed by atoms with E-state index in [1.54, 1.807) is 18.2 Å². The molecule has 1 rings (SSSR count). The van der Waals surface area contributed by atoms with Gasteiger partial charge in [-0.3, -0.25) is 4.79 Å². The summed E-state index contributed by atoms with van der Waals surface area (Å²) < 4.78 is 23.4. The number of amides is 1. The molecule has 1 amide bonds. The first-order chi connectivity index (χ1) is 6.93. The molecule has 0 aliphatic carbocycles. The van der Waals surface area contributed by atoms with Crippen molar-refractivity contribution >= 4 is 28.2 Å². The second kappa shape index (κ2) is 5.67. The van der Waals surface area contributed by atoms with Crippen molar-refractivity contribution in [3.05, 3.63) is 42.5 Å². The first kappa shape index (κ1) is 14.7. The van der Waals surface area contributed by atoms with Gasteiger partial charge in [-0.1, -0.05) is 24.8 Å². The van der Waals surface area contributed by atoms with Crippen molar-refractivity contribution in [2.24, 2.45) is 5.73 Å². The smallest absolute Gasteiger partial charge is 0.245 e. The Morgan fingerprint density at radius 1 is 1.25 bits per heavy atom. The van der Waals surface area contributed by atoms with Crippen LogP contribution in [-0.2, 0) is 14.6 Å². The fourth-order valence-electron chi connectivity index (χ4n) is 1.01. The third kappa shape index (κ3) is 3.67. The molecule has 0 saturated heterocycles. The molecule has 0 spiro atoms. The van der Waals surface area contributed by atoms with Crippen LogP contribution >= 0.6 is 12.4 Å². The van der Waals surface area contributed by atoms with Crippen LogP contribution in [0.3, 0.4) is 0 Å². The summed E-state index contributed by atoms with van der Waals surface area (Å²) in [6.07, 6.45) is 0. The van der Waals surface area contributed by atoms with Crippen molar-refractivity contribution in [2.45, 2.75) is 4.90 Å². The second-order valence-electron chi connectivity index (χ2n) is 3.04. The van der Waals surface area contributed by atoms with E-state index in [2.05, 4.69) is 6.58 Å². The predicted molar refractivity (Wildman–Crippen MR) is 64.1 cm³/mol. The van der Waals surface area contributed by atoms with E-state index in [0.717, 1.165) is 0 Å². The SMILES string of the molecule is C=C(CS(=O)(=O)c1ccccc1)C(N)=O.Cl. The fraction of sp³-hybridized carbons (Fsp3) is 0.100. The van der Waals surface area contributed by atoms with Crippen LogP contribution in [-0.4, -0.2) is 20.1 Å². The van der Waals surface area contributed by atoms with Gasteiger partial charge in [0.05, 0.1) is 10.6 Å². The molecule has 1 aromatic carbocycles. The number of halogens is 1. The molecule has 0 heterocycles.